The molecule has 0 unspecified atom stereocenters. The number of likely N-dealkylation sites (tertiary alicyclic amines) is 1. The Bertz CT molecular complexity index is 1270. The zero-order chi connectivity index (χ0) is 27.8. The highest BCUT2D eigenvalue weighted by Gasteiger charge is 2.35. The molecule has 4 rings (SSSR count). The van der Waals surface area contributed by atoms with Crippen molar-refractivity contribution in [3.05, 3.63) is 106 Å². The van der Waals surface area contributed by atoms with Crippen LogP contribution in [0.3, 0.4) is 0 Å². The molecule has 9 heteroatoms. The molecule has 39 heavy (non-hydrogen) atoms. The number of carbonyl (C=O) groups is 2. The Kier molecular flexibility index (Phi) is 10.2. The average Bonchev–Trinajstić information content (AvgIpc) is 3.43. The van der Waals surface area contributed by atoms with E-state index in [0.717, 1.165) is 23.1 Å². The van der Waals surface area contributed by atoms with Crippen molar-refractivity contribution in [1.29, 1.82) is 0 Å². The third kappa shape index (κ3) is 7.72. The molecule has 1 fully saturated rings. The first-order chi connectivity index (χ1) is 18.8. The molecule has 2 amide bonds. The number of nitrogens with zero attached hydrogens (tertiary/aromatic N) is 2. The number of carbonyl (C=O) groups excluding carboxylic acids is 2. The lowest BCUT2D eigenvalue weighted by atomic mass is 10.0. The monoisotopic (exact) mass is 582 g/mol. The molecule has 1 aliphatic heterocycles. The molecule has 0 spiro atoms. The van der Waals surface area contributed by atoms with Crippen molar-refractivity contribution in [3.8, 4) is 0 Å². The van der Waals surface area contributed by atoms with Crippen molar-refractivity contribution in [2.24, 2.45) is 0 Å². The van der Waals surface area contributed by atoms with Crippen LogP contribution in [0.2, 0.25) is 10.0 Å². The van der Waals surface area contributed by atoms with Gasteiger partial charge in [-0.25, -0.2) is 0 Å². The first kappa shape index (κ1) is 28.9. The minimum absolute atomic E-state index is 0.144. The highest BCUT2D eigenvalue weighted by molar-refractivity contribution is 7.80. The molecule has 1 aliphatic rings. The smallest absolute Gasteiger partial charge is 0.245 e. The van der Waals surface area contributed by atoms with Crippen LogP contribution >= 0.6 is 35.4 Å². The molecular weight excluding hydrogens is 551 g/mol. The fourth-order valence-corrected chi connectivity index (χ4v) is 5.59. The van der Waals surface area contributed by atoms with Gasteiger partial charge in [-0.3, -0.25) is 9.59 Å². The van der Waals surface area contributed by atoms with E-state index >= 15 is 0 Å². The number of benzene rings is 3. The minimum Gasteiger partial charge on any atom is -0.358 e. The SMILES string of the molecule is CN(Cc1ccccc1)C(=O)[C@H](Cc1ccccc1)NC(=O)[C@@H]1CCCN1C(=S)NCc1c(Cl)cccc1Cl. The van der Waals surface area contributed by atoms with E-state index in [1.54, 1.807) is 30.1 Å². The van der Waals surface area contributed by atoms with Crippen LogP contribution in [0, 0.1) is 0 Å². The van der Waals surface area contributed by atoms with E-state index in [0.29, 0.717) is 47.6 Å². The Labute approximate surface area is 245 Å². The maximum absolute atomic E-state index is 13.6. The molecule has 2 N–H and O–H groups in total. The maximum atomic E-state index is 13.6. The molecule has 6 nitrogen and oxygen atoms in total. The van der Waals surface area contributed by atoms with Gasteiger partial charge in [0.05, 0.1) is 0 Å². The molecule has 1 heterocycles. The molecule has 0 saturated carbocycles. The summed E-state index contributed by atoms with van der Waals surface area (Å²) in [6.07, 6.45) is 1.86. The summed E-state index contributed by atoms with van der Waals surface area (Å²) in [5, 5.41) is 7.81. The van der Waals surface area contributed by atoms with Gasteiger partial charge in [-0.2, -0.15) is 0 Å². The summed E-state index contributed by atoms with van der Waals surface area (Å²) < 4.78 is 0. The van der Waals surface area contributed by atoms with Crippen molar-refractivity contribution >= 4 is 52.3 Å². The van der Waals surface area contributed by atoms with Gasteiger partial charge in [-0.15, -0.1) is 0 Å². The van der Waals surface area contributed by atoms with E-state index in [-0.39, 0.29) is 11.8 Å². The summed E-state index contributed by atoms with van der Waals surface area (Å²) in [6.45, 7) is 1.45. The largest absolute Gasteiger partial charge is 0.358 e. The van der Waals surface area contributed by atoms with Crippen molar-refractivity contribution < 1.29 is 9.59 Å². The lowest BCUT2D eigenvalue weighted by Gasteiger charge is -2.30. The molecule has 0 aromatic heterocycles. The van der Waals surface area contributed by atoms with Gasteiger partial charge in [0, 0.05) is 48.7 Å². The zero-order valence-electron chi connectivity index (χ0n) is 21.8. The van der Waals surface area contributed by atoms with Gasteiger partial charge in [0.25, 0.3) is 0 Å². The quantitative estimate of drug-likeness (QED) is 0.339. The summed E-state index contributed by atoms with van der Waals surface area (Å²) in [5.74, 6) is -0.357. The van der Waals surface area contributed by atoms with E-state index < -0.39 is 12.1 Å². The molecule has 204 valence electrons. The standard InChI is InChI=1S/C30H32Cl2N4O2S/c1-35(20-22-12-6-3-7-13-22)29(38)26(18-21-10-4-2-5-11-21)34-28(37)27-16-9-17-36(27)30(39)33-19-23-24(31)14-8-15-25(23)32/h2-8,10-15,26-27H,9,16-20H2,1H3,(H,33,39)(H,34,37)/t26-,27-/m0/s1. The van der Waals surface area contributed by atoms with Gasteiger partial charge in [-0.05, 0) is 48.3 Å². The first-order valence-corrected chi connectivity index (χ1v) is 14.1. The Morgan fingerprint density at radius 1 is 0.974 bits per heavy atom. The molecule has 1 saturated heterocycles. The normalized spacial score (nSPS) is 15.5. The number of likely N-dealkylation sites (N-methyl/N-ethyl adjacent to an activating group) is 1. The predicted molar refractivity (Wildman–Crippen MR) is 161 cm³/mol. The summed E-state index contributed by atoms with van der Waals surface area (Å²) in [7, 11) is 1.76. The number of hydrogen-bond acceptors (Lipinski definition) is 3. The fraction of sp³-hybridized carbons (Fsp3) is 0.300. The Hall–Kier alpha value is -3.13. The van der Waals surface area contributed by atoms with Crippen LogP contribution < -0.4 is 10.6 Å². The zero-order valence-corrected chi connectivity index (χ0v) is 24.1. The van der Waals surface area contributed by atoms with E-state index in [4.69, 9.17) is 35.4 Å². The van der Waals surface area contributed by atoms with E-state index in [1.165, 1.54) is 0 Å². The second-order valence-corrected chi connectivity index (χ2v) is 10.8. The maximum Gasteiger partial charge on any atom is 0.245 e. The van der Waals surface area contributed by atoms with Crippen LogP contribution in [0.5, 0.6) is 0 Å². The third-order valence-electron chi connectivity index (χ3n) is 6.83. The van der Waals surface area contributed by atoms with Crippen molar-refractivity contribution in [1.82, 2.24) is 20.4 Å². The van der Waals surface area contributed by atoms with Gasteiger partial charge in [0.1, 0.15) is 12.1 Å². The Morgan fingerprint density at radius 3 is 2.23 bits per heavy atom. The number of amides is 2. The average molecular weight is 584 g/mol. The molecular formula is C30H32Cl2N4O2S. The first-order valence-electron chi connectivity index (χ1n) is 12.9. The number of nitrogens with one attached hydrogen (secondary N) is 2. The van der Waals surface area contributed by atoms with Gasteiger partial charge in [-0.1, -0.05) is 89.9 Å². The third-order valence-corrected chi connectivity index (χ3v) is 7.92. The second-order valence-electron chi connectivity index (χ2n) is 9.64. The van der Waals surface area contributed by atoms with Crippen LogP contribution in [-0.4, -0.2) is 52.4 Å². The number of rotatable bonds is 9. The Balaban J connectivity index is 1.44. The van der Waals surface area contributed by atoms with Gasteiger partial charge in [0.15, 0.2) is 5.11 Å². The van der Waals surface area contributed by atoms with E-state index in [1.807, 2.05) is 65.6 Å². The number of thiocarbonyl (C=S) groups is 1. The van der Waals surface area contributed by atoms with Crippen LogP contribution in [0.15, 0.2) is 78.9 Å². The molecule has 2 atom stereocenters. The Morgan fingerprint density at radius 2 is 1.59 bits per heavy atom. The molecule has 0 radical (unpaired) electrons. The van der Waals surface area contributed by atoms with E-state index in [2.05, 4.69) is 10.6 Å². The highest BCUT2D eigenvalue weighted by atomic mass is 35.5. The van der Waals surface area contributed by atoms with Crippen LogP contribution in [0.25, 0.3) is 0 Å². The number of hydrogen-bond donors (Lipinski definition) is 2. The number of halogens is 2. The van der Waals surface area contributed by atoms with Crippen LogP contribution in [0.4, 0.5) is 0 Å². The lowest BCUT2D eigenvalue weighted by Crippen LogP contribution is -2.55. The summed E-state index contributed by atoms with van der Waals surface area (Å²) >= 11 is 18.3. The van der Waals surface area contributed by atoms with Crippen molar-refractivity contribution in [3.63, 3.8) is 0 Å². The predicted octanol–water partition coefficient (Wildman–Crippen LogP) is 5.22. The van der Waals surface area contributed by atoms with Crippen molar-refractivity contribution in [2.75, 3.05) is 13.6 Å². The van der Waals surface area contributed by atoms with Gasteiger partial charge in [0.2, 0.25) is 11.8 Å². The van der Waals surface area contributed by atoms with Crippen LogP contribution in [0.1, 0.15) is 29.5 Å². The molecule has 3 aromatic rings. The summed E-state index contributed by atoms with van der Waals surface area (Å²) in [5.41, 5.74) is 2.75. The van der Waals surface area contributed by atoms with Gasteiger partial charge >= 0.3 is 0 Å². The molecule has 0 aliphatic carbocycles. The topological polar surface area (TPSA) is 64.7 Å². The minimum atomic E-state index is -0.709. The van der Waals surface area contributed by atoms with E-state index in [9.17, 15) is 9.59 Å². The van der Waals surface area contributed by atoms with Gasteiger partial charge < -0.3 is 20.4 Å². The summed E-state index contributed by atoms with van der Waals surface area (Å²) in [6, 6.07) is 23.7. The molecule has 3 aromatic carbocycles. The second kappa shape index (κ2) is 13.8. The highest BCUT2D eigenvalue weighted by Crippen LogP contribution is 2.24. The lowest BCUT2D eigenvalue weighted by molar-refractivity contribution is -0.136. The summed E-state index contributed by atoms with van der Waals surface area (Å²) in [4.78, 5) is 30.7. The fourth-order valence-electron chi connectivity index (χ4n) is 4.77. The van der Waals surface area contributed by atoms with Crippen LogP contribution in [-0.2, 0) is 29.1 Å². The van der Waals surface area contributed by atoms with Crippen molar-refractivity contribution in [2.45, 2.75) is 44.4 Å². The molecule has 0 bridgehead atoms.